The monoisotopic (exact) mass is 391 g/mol. The van der Waals surface area contributed by atoms with Gasteiger partial charge in [-0.25, -0.2) is 4.79 Å². The van der Waals surface area contributed by atoms with Crippen LogP contribution in [0.15, 0.2) is 12.1 Å². The third-order valence-electron chi connectivity index (χ3n) is 6.05. The number of aliphatic hydroxyl groups is 1. The Labute approximate surface area is 167 Å². The lowest BCUT2D eigenvalue weighted by Crippen LogP contribution is -2.43. The van der Waals surface area contributed by atoms with Crippen molar-refractivity contribution < 1.29 is 24.1 Å². The number of nitrogens with one attached hydrogen (secondary N) is 1. The van der Waals surface area contributed by atoms with E-state index in [0.717, 1.165) is 56.9 Å². The summed E-state index contributed by atoms with van der Waals surface area (Å²) in [6, 6.07) is 4.53. The molecule has 0 spiro atoms. The number of ether oxygens (including phenoxy) is 3. The fourth-order valence-corrected chi connectivity index (χ4v) is 4.40. The minimum absolute atomic E-state index is 0.0510. The highest BCUT2D eigenvalue weighted by Crippen LogP contribution is 2.31. The summed E-state index contributed by atoms with van der Waals surface area (Å²) in [6.45, 7) is 1.86. The van der Waals surface area contributed by atoms with E-state index in [1.165, 1.54) is 0 Å². The molecule has 6 nitrogen and oxygen atoms in total. The molecule has 0 aliphatic heterocycles. The summed E-state index contributed by atoms with van der Waals surface area (Å²) in [6.07, 6.45) is 7.48. The van der Waals surface area contributed by atoms with Gasteiger partial charge in [0.2, 0.25) is 0 Å². The number of aryl methyl sites for hydroxylation is 1. The first-order valence-electron chi connectivity index (χ1n) is 10.4. The van der Waals surface area contributed by atoms with Gasteiger partial charge in [-0.05, 0) is 69.9 Å². The quantitative estimate of drug-likeness (QED) is 0.724. The van der Waals surface area contributed by atoms with Crippen LogP contribution in [-0.2, 0) is 4.74 Å². The van der Waals surface area contributed by atoms with E-state index < -0.39 is 0 Å². The van der Waals surface area contributed by atoms with Crippen LogP contribution in [0.25, 0.3) is 0 Å². The van der Waals surface area contributed by atoms with E-state index in [0.29, 0.717) is 29.1 Å². The van der Waals surface area contributed by atoms with E-state index in [4.69, 9.17) is 14.2 Å². The predicted octanol–water partition coefficient (Wildman–Crippen LogP) is 3.37. The molecule has 1 aromatic rings. The molecule has 156 valence electrons. The van der Waals surface area contributed by atoms with Gasteiger partial charge in [-0.1, -0.05) is 0 Å². The van der Waals surface area contributed by atoms with Crippen molar-refractivity contribution in [2.45, 2.75) is 82.6 Å². The van der Waals surface area contributed by atoms with E-state index >= 15 is 0 Å². The molecule has 0 heterocycles. The van der Waals surface area contributed by atoms with E-state index in [2.05, 4.69) is 5.32 Å². The molecule has 0 aromatic heterocycles. The molecule has 2 aliphatic carbocycles. The van der Waals surface area contributed by atoms with Crippen molar-refractivity contribution in [1.29, 1.82) is 0 Å². The highest BCUT2D eigenvalue weighted by molar-refractivity contribution is 5.94. The van der Waals surface area contributed by atoms with Crippen molar-refractivity contribution in [2.75, 3.05) is 14.2 Å². The summed E-state index contributed by atoms with van der Waals surface area (Å²) >= 11 is 0. The Hall–Kier alpha value is -1.79. The average molecular weight is 392 g/mol. The zero-order chi connectivity index (χ0) is 20.1. The van der Waals surface area contributed by atoms with E-state index in [1.54, 1.807) is 20.3 Å². The highest BCUT2D eigenvalue weighted by Gasteiger charge is 2.28. The Balaban J connectivity index is 1.51. The molecular weight excluding hydrogens is 358 g/mol. The Morgan fingerprint density at radius 2 is 1.57 bits per heavy atom. The van der Waals surface area contributed by atoms with Crippen LogP contribution in [0.5, 0.6) is 11.5 Å². The molecule has 1 aromatic carbocycles. The topological polar surface area (TPSA) is 77.0 Å². The van der Waals surface area contributed by atoms with Gasteiger partial charge in [0.05, 0.1) is 20.3 Å². The van der Waals surface area contributed by atoms with Gasteiger partial charge in [-0.3, -0.25) is 0 Å². The van der Waals surface area contributed by atoms with Gasteiger partial charge in [-0.15, -0.1) is 0 Å². The zero-order valence-electron chi connectivity index (χ0n) is 17.2. The third kappa shape index (κ3) is 5.17. The normalized spacial score (nSPS) is 27.9. The Morgan fingerprint density at radius 1 is 0.964 bits per heavy atom. The molecule has 28 heavy (non-hydrogen) atoms. The molecule has 0 amide bonds. The summed E-state index contributed by atoms with van der Waals surface area (Å²) in [4.78, 5) is 12.8. The van der Waals surface area contributed by atoms with E-state index in [9.17, 15) is 9.90 Å². The van der Waals surface area contributed by atoms with Crippen LogP contribution in [0, 0.1) is 6.92 Å². The van der Waals surface area contributed by atoms with Crippen molar-refractivity contribution >= 4 is 5.97 Å². The summed E-state index contributed by atoms with van der Waals surface area (Å²) in [5.74, 6) is 0.819. The van der Waals surface area contributed by atoms with Crippen molar-refractivity contribution in [2.24, 2.45) is 0 Å². The van der Waals surface area contributed by atoms with Crippen LogP contribution in [0.2, 0.25) is 0 Å². The molecule has 0 unspecified atom stereocenters. The second-order valence-corrected chi connectivity index (χ2v) is 8.07. The number of benzene rings is 1. The Kier molecular flexibility index (Phi) is 7.18. The molecule has 3 rings (SSSR count). The molecule has 6 heteroatoms. The van der Waals surface area contributed by atoms with Crippen LogP contribution < -0.4 is 14.8 Å². The van der Waals surface area contributed by atoms with Gasteiger partial charge in [0, 0.05) is 18.2 Å². The largest absolute Gasteiger partial charge is 0.497 e. The lowest BCUT2D eigenvalue weighted by molar-refractivity contribution is 0.0173. The zero-order valence-corrected chi connectivity index (χ0v) is 17.2. The van der Waals surface area contributed by atoms with Crippen molar-refractivity contribution in [1.82, 2.24) is 5.32 Å². The van der Waals surface area contributed by atoms with Gasteiger partial charge in [-0.2, -0.15) is 0 Å². The van der Waals surface area contributed by atoms with Gasteiger partial charge in [0.1, 0.15) is 23.2 Å². The average Bonchev–Trinajstić information content (AvgIpc) is 2.70. The second kappa shape index (κ2) is 9.61. The molecule has 2 N–H and O–H groups in total. The summed E-state index contributed by atoms with van der Waals surface area (Å²) in [5.41, 5.74) is 1.26. The molecule has 0 bridgehead atoms. The van der Waals surface area contributed by atoms with Gasteiger partial charge < -0.3 is 24.6 Å². The molecular formula is C22H33NO5. The van der Waals surface area contributed by atoms with Crippen LogP contribution >= 0.6 is 0 Å². The van der Waals surface area contributed by atoms with Gasteiger partial charge in [0.15, 0.2) is 0 Å². The molecule has 2 saturated carbocycles. The minimum atomic E-state index is -0.324. The second-order valence-electron chi connectivity index (χ2n) is 8.07. The fraction of sp³-hybridized carbons (Fsp3) is 0.682. The fourth-order valence-electron chi connectivity index (χ4n) is 4.40. The predicted molar refractivity (Wildman–Crippen MR) is 107 cm³/mol. The Bertz CT molecular complexity index is 661. The molecule has 0 atom stereocenters. The first-order chi connectivity index (χ1) is 13.5. The summed E-state index contributed by atoms with van der Waals surface area (Å²) in [5, 5.41) is 13.4. The molecule has 2 aliphatic rings. The van der Waals surface area contributed by atoms with Crippen LogP contribution in [0.4, 0.5) is 0 Å². The molecule has 0 saturated heterocycles. The maximum Gasteiger partial charge on any atom is 0.342 e. The molecule has 0 radical (unpaired) electrons. The highest BCUT2D eigenvalue weighted by atomic mass is 16.5. The van der Waals surface area contributed by atoms with E-state index in [-0.39, 0.29) is 18.2 Å². The van der Waals surface area contributed by atoms with Crippen LogP contribution in [0.1, 0.15) is 67.3 Å². The summed E-state index contributed by atoms with van der Waals surface area (Å²) < 4.78 is 16.4. The number of esters is 1. The Morgan fingerprint density at radius 3 is 2.14 bits per heavy atom. The number of hydrogen-bond donors (Lipinski definition) is 2. The van der Waals surface area contributed by atoms with Crippen molar-refractivity contribution in [3.8, 4) is 11.5 Å². The minimum Gasteiger partial charge on any atom is -0.497 e. The number of carbonyl (C=O) groups is 1. The van der Waals surface area contributed by atoms with Gasteiger partial charge in [0.25, 0.3) is 0 Å². The van der Waals surface area contributed by atoms with Crippen LogP contribution in [0.3, 0.4) is 0 Å². The summed E-state index contributed by atoms with van der Waals surface area (Å²) in [7, 11) is 3.14. The van der Waals surface area contributed by atoms with E-state index in [1.807, 2.05) is 13.0 Å². The first kappa shape index (κ1) is 20.9. The van der Waals surface area contributed by atoms with Crippen molar-refractivity contribution in [3.05, 3.63) is 23.3 Å². The SMILES string of the molecule is COc1cc(C)c(C(=O)OC2CCC(N[C@H]3CC[C@@H](O)CC3)CC2)c(OC)c1. The number of aliphatic hydroxyl groups excluding tert-OH is 1. The maximum absolute atomic E-state index is 12.8. The number of carbonyl (C=O) groups excluding carboxylic acids is 1. The smallest absolute Gasteiger partial charge is 0.342 e. The van der Waals surface area contributed by atoms with Crippen LogP contribution in [-0.4, -0.2) is 49.6 Å². The molecule has 2 fully saturated rings. The number of rotatable bonds is 6. The maximum atomic E-state index is 12.8. The third-order valence-corrected chi connectivity index (χ3v) is 6.05. The standard InChI is InChI=1S/C22H33NO5/c1-14-12-19(26-2)13-20(27-3)21(14)22(25)28-18-10-6-16(7-11-18)23-15-4-8-17(24)9-5-15/h12-13,15-18,23-24H,4-11H2,1-3H3/t15-,16?,17+,18?. The number of hydrogen-bond acceptors (Lipinski definition) is 6. The van der Waals surface area contributed by atoms with Crippen molar-refractivity contribution in [3.63, 3.8) is 0 Å². The lowest BCUT2D eigenvalue weighted by atomic mass is 9.89. The lowest BCUT2D eigenvalue weighted by Gasteiger charge is -2.34. The number of methoxy groups -OCH3 is 2. The first-order valence-corrected chi connectivity index (χ1v) is 10.4. The van der Waals surface area contributed by atoms with Gasteiger partial charge >= 0.3 is 5.97 Å².